The number of nitrogens with one attached hydrogen (secondary N) is 1. The Kier molecular flexibility index (Phi) is 5.15. The van der Waals surface area contributed by atoms with Crippen LogP contribution in [0.3, 0.4) is 0 Å². The summed E-state index contributed by atoms with van der Waals surface area (Å²) in [6, 6.07) is 9.07. The molecule has 0 aliphatic carbocycles. The van der Waals surface area contributed by atoms with Crippen LogP contribution in [-0.4, -0.2) is 41.7 Å². The Morgan fingerprint density at radius 2 is 2.00 bits per heavy atom. The molecule has 1 aliphatic heterocycles. The summed E-state index contributed by atoms with van der Waals surface area (Å²) in [5.41, 5.74) is 2.07. The van der Waals surface area contributed by atoms with E-state index in [0.717, 1.165) is 18.7 Å². The van der Waals surface area contributed by atoms with Gasteiger partial charge in [-0.1, -0.05) is 24.3 Å². The number of hydrogen-bond acceptors (Lipinski definition) is 3. The molecule has 2 N–H and O–H groups in total. The highest BCUT2D eigenvalue weighted by Crippen LogP contribution is 2.16. The fraction of sp³-hybridized carbons (Fsp3) is 0.562. The van der Waals surface area contributed by atoms with Gasteiger partial charge in [-0.3, -0.25) is 4.79 Å². The Balaban J connectivity index is 1.80. The summed E-state index contributed by atoms with van der Waals surface area (Å²) < 4.78 is 0. The molecule has 1 aromatic rings. The van der Waals surface area contributed by atoms with Crippen LogP contribution in [0, 0.1) is 0 Å². The quantitative estimate of drug-likeness (QED) is 0.862. The van der Waals surface area contributed by atoms with E-state index >= 15 is 0 Å². The molecule has 2 unspecified atom stereocenters. The third kappa shape index (κ3) is 4.32. The molecule has 4 heteroatoms. The Hall–Kier alpha value is -1.39. The average Bonchev–Trinajstić information content (AvgIpc) is 2.41. The molecule has 2 rings (SSSR count). The van der Waals surface area contributed by atoms with Crippen LogP contribution in [0.2, 0.25) is 0 Å². The number of carboxylic acids is 1. The van der Waals surface area contributed by atoms with Crippen molar-refractivity contribution in [2.24, 2.45) is 0 Å². The van der Waals surface area contributed by atoms with Gasteiger partial charge in [-0.2, -0.15) is 0 Å². The largest absolute Gasteiger partial charge is 0.481 e. The van der Waals surface area contributed by atoms with Crippen molar-refractivity contribution in [3.05, 3.63) is 35.4 Å². The molecule has 1 saturated heterocycles. The lowest BCUT2D eigenvalue weighted by atomic mass is 9.98. The fourth-order valence-electron chi connectivity index (χ4n) is 2.69. The fourth-order valence-corrected chi connectivity index (χ4v) is 2.69. The number of hydrogen-bond donors (Lipinski definition) is 2. The smallest absolute Gasteiger partial charge is 0.307 e. The van der Waals surface area contributed by atoms with Gasteiger partial charge in [0.1, 0.15) is 0 Å². The first-order valence-electron chi connectivity index (χ1n) is 7.28. The number of nitrogens with zero attached hydrogens (tertiary/aromatic N) is 1. The van der Waals surface area contributed by atoms with Gasteiger partial charge in [0.15, 0.2) is 0 Å². The van der Waals surface area contributed by atoms with Crippen LogP contribution in [0.1, 0.15) is 30.9 Å². The Morgan fingerprint density at radius 1 is 1.35 bits per heavy atom. The van der Waals surface area contributed by atoms with E-state index in [4.69, 9.17) is 5.11 Å². The van der Waals surface area contributed by atoms with Crippen molar-refractivity contribution in [2.45, 2.75) is 44.8 Å². The summed E-state index contributed by atoms with van der Waals surface area (Å²) in [5.74, 6) is -0.781. The van der Waals surface area contributed by atoms with E-state index < -0.39 is 5.97 Å². The number of carbonyl (C=O) groups is 1. The lowest BCUT2D eigenvalue weighted by Crippen LogP contribution is -2.45. The van der Waals surface area contributed by atoms with E-state index in [-0.39, 0.29) is 6.42 Å². The Bertz CT molecular complexity index is 444. The zero-order valence-corrected chi connectivity index (χ0v) is 12.3. The molecular formula is C16H24N2O2. The zero-order valence-electron chi connectivity index (χ0n) is 12.3. The molecule has 1 fully saturated rings. The van der Waals surface area contributed by atoms with Crippen molar-refractivity contribution in [1.82, 2.24) is 10.2 Å². The second-order valence-corrected chi connectivity index (χ2v) is 5.82. The summed E-state index contributed by atoms with van der Waals surface area (Å²) in [4.78, 5) is 13.0. The number of likely N-dealkylation sites (tertiary alicyclic amines) is 1. The third-order valence-corrected chi connectivity index (χ3v) is 4.18. The number of rotatable bonds is 5. The maximum atomic E-state index is 10.6. The molecule has 1 heterocycles. The summed E-state index contributed by atoms with van der Waals surface area (Å²) in [7, 11) is 2.18. The highest BCUT2D eigenvalue weighted by Gasteiger charge is 2.21. The van der Waals surface area contributed by atoms with Crippen LogP contribution >= 0.6 is 0 Å². The minimum atomic E-state index is -0.781. The molecular weight excluding hydrogens is 252 g/mol. The van der Waals surface area contributed by atoms with Gasteiger partial charge in [0.05, 0.1) is 6.42 Å². The first-order chi connectivity index (χ1) is 9.54. The Morgan fingerprint density at radius 3 is 2.60 bits per heavy atom. The van der Waals surface area contributed by atoms with E-state index in [1.807, 2.05) is 24.3 Å². The molecule has 0 saturated carbocycles. The molecule has 20 heavy (non-hydrogen) atoms. The van der Waals surface area contributed by atoms with Crippen molar-refractivity contribution in [3.8, 4) is 0 Å². The van der Waals surface area contributed by atoms with Gasteiger partial charge in [0.2, 0.25) is 0 Å². The minimum Gasteiger partial charge on any atom is -0.481 e. The monoisotopic (exact) mass is 276 g/mol. The number of benzene rings is 1. The summed E-state index contributed by atoms with van der Waals surface area (Å²) in [6.45, 7) is 4.28. The van der Waals surface area contributed by atoms with Crippen LogP contribution in [0.25, 0.3) is 0 Å². The summed E-state index contributed by atoms with van der Waals surface area (Å²) in [5, 5.41) is 12.3. The maximum absolute atomic E-state index is 10.6. The molecule has 4 nitrogen and oxygen atoms in total. The first-order valence-corrected chi connectivity index (χ1v) is 7.28. The Labute approximate surface area is 120 Å². The minimum absolute atomic E-state index is 0.0974. The van der Waals surface area contributed by atoms with Crippen molar-refractivity contribution in [2.75, 3.05) is 13.6 Å². The van der Waals surface area contributed by atoms with Crippen LogP contribution < -0.4 is 5.32 Å². The van der Waals surface area contributed by atoms with Gasteiger partial charge in [-0.15, -0.1) is 0 Å². The molecule has 2 atom stereocenters. The molecule has 0 aromatic heterocycles. The van der Waals surface area contributed by atoms with E-state index in [0.29, 0.717) is 12.1 Å². The molecule has 1 aliphatic rings. The standard InChI is InChI=1S/C16H24N2O2/c1-12-9-15(7-8-18(12)2)17-11-14-5-3-13(4-6-14)10-16(19)20/h3-6,12,15,17H,7-11H2,1-2H3,(H,19,20). The van der Waals surface area contributed by atoms with Crippen LogP contribution in [0.15, 0.2) is 24.3 Å². The molecule has 0 bridgehead atoms. The molecule has 110 valence electrons. The van der Waals surface area contributed by atoms with Crippen LogP contribution in [0.5, 0.6) is 0 Å². The van der Waals surface area contributed by atoms with Crippen molar-refractivity contribution < 1.29 is 9.90 Å². The second kappa shape index (κ2) is 6.86. The van der Waals surface area contributed by atoms with Gasteiger partial charge < -0.3 is 15.3 Å². The van der Waals surface area contributed by atoms with Crippen molar-refractivity contribution in [3.63, 3.8) is 0 Å². The first kappa shape index (κ1) is 15.0. The highest BCUT2D eigenvalue weighted by molar-refractivity contribution is 5.70. The predicted molar refractivity (Wildman–Crippen MR) is 79.7 cm³/mol. The SMILES string of the molecule is CC1CC(NCc2ccc(CC(=O)O)cc2)CCN1C. The normalized spacial score (nSPS) is 23.7. The second-order valence-electron chi connectivity index (χ2n) is 5.82. The van der Waals surface area contributed by atoms with E-state index in [2.05, 4.69) is 24.2 Å². The summed E-state index contributed by atoms with van der Waals surface area (Å²) in [6.07, 6.45) is 2.48. The van der Waals surface area contributed by atoms with Crippen molar-refractivity contribution in [1.29, 1.82) is 0 Å². The van der Waals surface area contributed by atoms with Crippen molar-refractivity contribution >= 4 is 5.97 Å². The van der Waals surface area contributed by atoms with Gasteiger partial charge in [0.25, 0.3) is 0 Å². The van der Waals surface area contributed by atoms with E-state index in [1.165, 1.54) is 18.4 Å². The number of carboxylic acid groups (broad SMARTS) is 1. The highest BCUT2D eigenvalue weighted by atomic mass is 16.4. The average molecular weight is 276 g/mol. The maximum Gasteiger partial charge on any atom is 0.307 e. The zero-order chi connectivity index (χ0) is 14.5. The lowest BCUT2D eigenvalue weighted by molar-refractivity contribution is -0.136. The van der Waals surface area contributed by atoms with Gasteiger partial charge in [0, 0.05) is 18.6 Å². The van der Waals surface area contributed by atoms with E-state index in [9.17, 15) is 4.79 Å². The van der Waals surface area contributed by atoms with Gasteiger partial charge in [-0.05, 0) is 44.5 Å². The van der Waals surface area contributed by atoms with Gasteiger partial charge >= 0.3 is 5.97 Å². The predicted octanol–water partition coefficient (Wildman–Crippen LogP) is 1.89. The van der Waals surface area contributed by atoms with Crippen LogP contribution in [0.4, 0.5) is 0 Å². The number of piperidine rings is 1. The van der Waals surface area contributed by atoms with E-state index in [1.54, 1.807) is 0 Å². The van der Waals surface area contributed by atoms with Gasteiger partial charge in [-0.25, -0.2) is 0 Å². The lowest BCUT2D eigenvalue weighted by Gasteiger charge is -2.35. The number of aliphatic carboxylic acids is 1. The molecule has 0 radical (unpaired) electrons. The molecule has 1 aromatic carbocycles. The topological polar surface area (TPSA) is 52.6 Å². The third-order valence-electron chi connectivity index (χ3n) is 4.18. The summed E-state index contributed by atoms with van der Waals surface area (Å²) >= 11 is 0. The molecule has 0 amide bonds. The van der Waals surface area contributed by atoms with Crippen LogP contribution in [-0.2, 0) is 17.8 Å². The molecule has 0 spiro atoms.